The highest BCUT2D eigenvalue weighted by Crippen LogP contribution is 2.20. The van der Waals surface area contributed by atoms with Gasteiger partial charge in [-0.1, -0.05) is 36.7 Å². The number of carbonyl (C=O) groups excluding carboxylic acids is 1. The summed E-state index contributed by atoms with van der Waals surface area (Å²) in [6.45, 7) is 2.27. The molecule has 0 aliphatic carbocycles. The van der Waals surface area contributed by atoms with Crippen LogP contribution in [0, 0.1) is 0 Å². The van der Waals surface area contributed by atoms with Gasteiger partial charge in [-0.3, -0.25) is 9.59 Å². The number of amides is 1. The molecule has 2 aromatic heterocycles. The fraction of sp³-hybridized carbons (Fsp3) is 0.200. The molecule has 2 heterocycles. The van der Waals surface area contributed by atoms with Crippen LogP contribution < -0.4 is 10.9 Å². The zero-order valence-electron chi connectivity index (χ0n) is 14.3. The molecule has 3 rings (SSSR count). The summed E-state index contributed by atoms with van der Waals surface area (Å²) in [5, 5.41) is 3.62. The first-order valence-electron chi connectivity index (χ1n) is 8.37. The van der Waals surface area contributed by atoms with E-state index in [0.717, 1.165) is 12.0 Å². The second kappa shape index (κ2) is 8.06. The number of benzene rings is 1. The average Bonchev–Trinajstić information content (AvgIpc) is 3.11. The molecule has 0 spiro atoms. The van der Waals surface area contributed by atoms with Crippen molar-refractivity contribution in [2.45, 2.75) is 25.9 Å². The van der Waals surface area contributed by atoms with Gasteiger partial charge in [0, 0.05) is 17.3 Å². The Labute approximate surface area is 156 Å². The van der Waals surface area contributed by atoms with Gasteiger partial charge < -0.3 is 14.3 Å². The van der Waals surface area contributed by atoms with E-state index in [1.54, 1.807) is 42.6 Å². The van der Waals surface area contributed by atoms with Crippen LogP contribution in [0.4, 0.5) is 0 Å². The molecule has 0 radical (unpaired) electrons. The number of rotatable bonds is 6. The van der Waals surface area contributed by atoms with Crippen molar-refractivity contribution in [3.8, 4) is 0 Å². The molecular formula is C20H19ClN2O3. The van der Waals surface area contributed by atoms with E-state index in [4.69, 9.17) is 16.0 Å². The zero-order chi connectivity index (χ0) is 18.5. The molecular weight excluding hydrogens is 352 g/mol. The second-order valence-corrected chi connectivity index (χ2v) is 6.36. The Hall–Kier alpha value is -2.79. The number of carbonyl (C=O) groups is 1. The Kier molecular flexibility index (Phi) is 5.58. The lowest BCUT2D eigenvalue weighted by atomic mass is 10.0. The third kappa shape index (κ3) is 4.24. The molecule has 134 valence electrons. The highest BCUT2D eigenvalue weighted by molar-refractivity contribution is 6.30. The van der Waals surface area contributed by atoms with E-state index in [9.17, 15) is 9.59 Å². The monoisotopic (exact) mass is 370 g/mol. The van der Waals surface area contributed by atoms with Crippen molar-refractivity contribution < 1.29 is 9.21 Å². The second-order valence-electron chi connectivity index (χ2n) is 5.92. The number of hydrogen-bond donors (Lipinski definition) is 1. The van der Waals surface area contributed by atoms with Crippen LogP contribution in [0.25, 0.3) is 0 Å². The first-order valence-corrected chi connectivity index (χ1v) is 8.75. The minimum Gasteiger partial charge on any atom is -0.454 e. The molecule has 1 unspecified atom stereocenters. The summed E-state index contributed by atoms with van der Waals surface area (Å²) in [7, 11) is 0. The zero-order valence-corrected chi connectivity index (χ0v) is 15.1. The van der Waals surface area contributed by atoms with E-state index in [1.807, 2.05) is 19.1 Å². The summed E-state index contributed by atoms with van der Waals surface area (Å²) in [6.07, 6.45) is 2.42. The van der Waals surface area contributed by atoms with E-state index < -0.39 is 0 Å². The molecule has 3 aromatic rings. The van der Waals surface area contributed by atoms with Crippen LogP contribution in [-0.4, -0.2) is 10.5 Å². The third-order valence-corrected chi connectivity index (χ3v) is 4.35. The molecule has 0 aliphatic heterocycles. The molecule has 0 saturated carbocycles. The SMILES string of the molecule is CCC(NC(=O)c1ccc(Cn2ccccc2=O)o1)c1ccc(Cl)cc1. The van der Waals surface area contributed by atoms with Gasteiger partial charge in [0.15, 0.2) is 5.76 Å². The standard InChI is InChI=1S/C20H19ClN2O3/c1-2-17(14-6-8-15(21)9-7-14)22-20(25)18-11-10-16(26-18)13-23-12-4-3-5-19(23)24/h3-12,17H,2,13H2,1H3,(H,22,25). The maximum atomic E-state index is 12.5. The summed E-state index contributed by atoms with van der Waals surface area (Å²) < 4.78 is 7.13. The Morgan fingerprint density at radius 1 is 1.15 bits per heavy atom. The van der Waals surface area contributed by atoms with Crippen molar-refractivity contribution in [1.29, 1.82) is 0 Å². The topological polar surface area (TPSA) is 64.2 Å². The van der Waals surface area contributed by atoms with Crippen molar-refractivity contribution in [1.82, 2.24) is 9.88 Å². The predicted octanol–water partition coefficient (Wildman–Crippen LogP) is 4.02. The van der Waals surface area contributed by atoms with Crippen molar-refractivity contribution >= 4 is 17.5 Å². The smallest absolute Gasteiger partial charge is 0.287 e. The predicted molar refractivity (Wildman–Crippen MR) is 100 cm³/mol. The minimum absolute atomic E-state index is 0.122. The summed E-state index contributed by atoms with van der Waals surface area (Å²) >= 11 is 5.91. The van der Waals surface area contributed by atoms with Crippen molar-refractivity contribution in [3.05, 3.63) is 93.3 Å². The fourth-order valence-corrected chi connectivity index (χ4v) is 2.82. The number of nitrogens with one attached hydrogen (secondary N) is 1. The lowest BCUT2D eigenvalue weighted by Gasteiger charge is -2.16. The number of aromatic nitrogens is 1. The molecule has 0 saturated heterocycles. The first-order chi connectivity index (χ1) is 12.6. The Balaban J connectivity index is 1.70. The van der Waals surface area contributed by atoms with Crippen molar-refractivity contribution in [3.63, 3.8) is 0 Å². The van der Waals surface area contributed by atoms with Gasteiger partial charge in [0.2, 0.25) is 0 Å². The Morgan fingerprint density at radius 2 is 1.92 bits per heavy atom. The molecule has 1 amide bonds. The molecule has 0 fully saturated rings. The van der Waals surface area contributed by atoms with Crippen LogP contribution in [0.5, 0.6) is 0 Å². The summed E-state index contributed by atoms with van der Waals surface area (Å²) in [5.74, 6) is 0.470. The maximum absolute atomic E-state index is 12.5. The fourth-order valence-electron chi connectivity index (χ4n) is 2.69. The van der Waals surface area contributed by atoms with Crippen LogP contribution in [0.2, 0.25) is 5.02 Å². The summed E-state index contributed by atoms with van der Waals surface area (Å²) in [4.78, 5) is 24.2. The summed E-state index contributed by atoms with van der Waals surface area (Å²) in [5.41, 5.74) is 0.858. The first kappa shape index (κ1) is 18.0. The van der Waals surface area contributed by atoms with E-state index in [1.165, 1.54) is 10.6 Å². The van der Waals surface area contributed by atoms with Crippen LogP contribution in [0.3, 0.4) is 0 Å². The lowest BCUT2D eigenvalue weighted by molar-refractivity contribution is 0.0905. The van der Waals surface area contributed by atoms with Gasteiger partial charge >= 0.3 is 0 Å². The molecule has 0 aliphatic rings. The maximum Gasteiger partial charge on any atom is 0.287 e. The number of hydrogen-bond acceptors (Lipinski definition) is 3. The van der Waals surface area contributed by atoms with Crippen LogP contribution in [0.1, 0.15) is 41.3 Å². The summed E-state index contributed by atoms with van der Waals surface area (Å²) in [6, 6.07) is 15.5. The molecule has 1 aromatic carbocycles. The molecule has 1 atom stereocenters. The minimum atomic E-state index is -0.293. The van der Waals surface area contributed by atoms with Gasteiger partial charge in [0.05, 0.1) is 12.6 Å². The van der Waals surface area contributed by atoms with Gasteiger partial charge in [0.25, 0.3) is 11.5 Å². The van der Waals surface area contributed by atoms with Crippen molar-refractivity contribution in [2.24, 2.45) is 0 Å². The van der Waals surface area contributed by atoms with E-state index in [0.29, 0.717) is 10.8 Å². The highest BCUT2D eigenvalue weighted by atomic mass is 35.5. The number of halogens is 1. The van der Waals surface area contributed by atoms with Crippen molar-refractivity contribution in [2.75, 3.05) is 0 Å². The normalized spacial score (nSPS) is 11.9. The number of furan rings is 1. The molecule has 26 heavy (non-hydrogen) atoms. The number of pyridine rings is 1. The van der Waals surface area contributed by atoms with E-state index in [-0.39, 0.29) is 29.8 Å². The average molecular weight is 371 g/mol. The molecule has 0 bridgehead atoms. The van der Waals surface area contributed by atoms with E-state index in [2.05, 4.69) is 5.32 Å². The van der Waals surface area contributed by atoms with Gasteiger partial charge in [0.1, 0.15) is 5.76 Å². The molecule has 6 heteroatoms. The van der Waals surface area contributed by atoms with Gasteiger partial charge in [-0.15, -0.1) is 0 Å². The van der Waals surface area contributed by atoms with E-state index >= 15 is 0 Å². The Morgan fingerprint density at radius 3 is 2.62 bits per heavy atom. The third-order valence-electron chi connectivity index (χ3n) is 4.10. The van der Waals surface area contributed by atoms with Gasteiger partial charge in [-0.2, -0.15) is 0 Å². The molecule has 1 N–H and O–H groups in total. The lowest BCUT2D eigenvalue weighted by Crippen LogP contribution is -2.27. The highest BCUT2D eigenvalue weighted by Gasteiger charge is 2.17. The Bertz CT molecular complexity index is 944. The largest absolute Gasteiger partial charge is 0.454 e. The number of nitrogens with zero attached hydrogens (tertiary/aromatic N) is 1. The van der Waals surface area contributed by atoms with Crippen LogP contribution in [0.15, 0.2) is 70.0 Å². The van der Waals surface area contributed by atoms with Gasteiger partial charge in [-0.25, -0.2) is 0 Å². The van der Waals surface area contributed by atoms with Crippen LogP contribution >= 0.6 is 11.6 Å². The van der Waals surface area contributed by atoms with Crippen LogP contribution in [-0.2, 0) is 6.54 Å². The quantitative estimate of drug-likeness (QED) is 0.712. The van der Waals surface area contributed by atoms with Gasteiger partial charge in [-0.05, 0) is 42.3 Å². The molecule has 5 nitrogen and oxygen atoms in total.